The van der Waals surface area contributed by atoms with E-state index in [1.54, 1.807) is 0 Å². The number of ether oxygens (including phenoxy) is 3. The lowest BCUT2D eigenvalue weighted by atomic mass is 10.0. The van der Waals surface area contributed by atoms with E-state index in [0.29, 0.717) is 19.3 Å². The highest BCUT2D eigenvalue weighted by Crippen LogP contribution is 2.18. The highest BCUT2D eigenvalue weighted by atomic mass is 16.6. The minimum atomic E-state index is -0.770. The lowest BCUT2D eigenvalue weighted by Crippen LogP contribution is -2.30. The van der Waals surface area contributed by atoms with E-state index < -0.39 is 6.10 Å². The monoisotopic (exact) mass is 1080 g/mol. The largest absolute Gasteiger partial charge is 0.462 e. The van der Waals surface area contributed by atoms with Crippen molar-refractivity contribution in [1.29, 1.82) is 0 Å². The molecule has 0 saturated carbocycles. The fraction of sp³-hybridized carbons (Fsp3) is 0.901. The molecule has 0 aliphatic carbocycles. The number of allylic oxidation sites excluding steroid dienone is 4. The minimum absolute atomic E-state index is 0.0663. The first-order valence-corrected chi connectivity index (χ1v) is 34.8. The summed E-state index contributed by atoms with van der Waals surface area (Å²) in [5, 5.41) is 0. The summed E-state index contributed by atoms with van der Waals surface area (Å²) in [7, 11) is 0. The van der Waals surface area contributed by atoms with Crippen LogP contribution < -0.4 is 0 Å². The van der Waals surface area contributed by atoms with Gasteiger partial charge in [0.15, 0.2) is 6.10 Å². The summed E-state index contributed by atoms with van der Waals surface area (Å²) < 4.78 is 17.0. The smallest absolute Gasteiger partial charge is 0.306 e. The summed E-state index contributed by atoms with van der Waals surface area (Å²) in [5.74, 6) is -0.837. The second-order valence-electron chi connectivity index (χ2n) is 23.8. The van der Waals surface area contributed by atoms with Gasteiger partial charge in [0.1, 0.15) is 13.2 Å². The standard InChI is InChI=1S/C71H134O6/c1-4-7-10-13-16-19-22-25-28-31-34-35-38-40-43-46-49-52-55-58-61-64-70(73)76-67-68(77-71(74)65-62-59-56-53-50-47-44-41-37-33-30-27-24-21-18-15-12-9-6-3)66-75-69(72)63-60-57-54-51-48-45-42-39-36-32-29-26-23-20-17-14-11-8-5-2/h25,27-28,30,68H,4-24,26,29,31-67H2,1-3H3/b28-25-,30-27-/t68-/m0/s1. The fourth-order valence-electron chi connectivity index (χ4n) is 10.7. The zero-order valence-electron chi connectivity index (χ0n) is 52.3. The average molecular weight is 1080 g/mol. The number of rotatable bonds is 65. The SMILES string of the molecule is CCCCCCCC/C=C\CCCCCCCCCCCCCC(=O)OC[C@H](COC(=O)CCCCCCCCCCCCCCCCCCCCC)OC(=O)CCCCCCCCCCC/C=C\CCCCCCCC. The van der Waals surface area contributed by atoms with E-state index in [2.05, 4.69) is 45.1 Å². The molecule has 0 aromatic rings. The maximum atomic E-state index is 12.9. The van der Waals surface area contributed by atoms with Gasteiger partial charge in [0, 0.05) is 19.3 Å². The fourth-order valence-corrected chi connectivity index (χ4v) is 10.7. The normalized spacial score (nSPS) is 12.1. The van der Waals surface area contributed by atoms with Crippen LogP contribution in [-0.4, -0.2) is 37.2 Å². The number of hydrogen-bond donors (Lipinski definition) is 0. The molecule has 454 valence electrons. The Hall–Kier alpha value is -2.11. The van der Waals surface area contributed by atoms with Gasteiger partial charge in [-0.15, -0.1) is 0 Å². The van der Waals surface area contributed by atoms with Gasteiger partial charge in [0.05, 0.1) is 0 Å². The molecule has 0 aromatic heterocycles. The number of carbonyl (C=O) groups excluding carboxylic acids is 3. The van der Waals surface area contributed by atoms with Gasteiger partial charge in [-0.3, -0.25) is 14.4 Å². The van der Waals surface area contributed by atoms with Crippen molar-refractivity contribution in [3.05, 3.63) is 24.3 Å². The molecule has 0 bridgehead atoms. The van der Waals surface area contributed by atoms with Crippen LogP contribution in [0.15, 0.2) is 24.3 Å². The second kappa shape index (κ2) is 66.4. The molecule has 77 heavy (non-hydrogen) atoms. The zero-order valence-corrected chi connectivity index (χ0v) is 52.3. The molecule has 6 nitrogen and oxygen atoms in total. The highest BCUT2D eigenvalue weighted by molar-refractivity contribution is 5.71. The van der Waals surface area contributed by atoms with Crippen LogP contribution >= 0.6 is 0 Å². The van der Waals surface area contributed by atoms with Crippen molar-refractivity contribution < 1.29 is 28.6 Å². The van der Waals surface area contributed by atoms with Crippen molar-refractivity contribution in [3.63, 3.8) is 0 Å². The molecule has 0 amide bonds. The van der Waals surface area contributed by atoms with E-state index in [1.807, 2.05) is 0 Å². The molecule has 0 fully saturated rings. The zero-order chi connectivity index (χ0) is 55.7. The molecule has 6 heteroatoms. The van der Waals surface area contributed by atoms with Crippen LogP contribution in [0.25, 0.3) is 0 Å². The third kappa shape index (κ3) is 64.6. The van der Waals surface area contributed by atoms with Crippen LogP contribution in [0, 0.1) is 0 Å². The molecule has 0 rings (SSSR count). The summed E-state index contributed by atoms with van der Waals surface area (Å²) in [6.07, 6.45) is 80.5. The van der Waals surface area contributed by atoms with E-state index in [0.717, 1.165) is 57.8 Å². The predicted molar refractivity (Wildman–Crippen MR) is 335 cm³/mol. The molecule has 0 aromatic carbocycles. The number of hydrogen-bond acceptors (Lipinski definition) is 6. The molecule has 0 aliphatic heterocycles. The summed E-state index contributed by atoms with van der Waals surface area (Å²) in [4.78, 5) is 38.5. The molecule has 0 aliphatic rings. The highest BCUT2D eigenvalue weighted by Gasteiger charge is 2.19. The first kappa shape index (κ1) is 74.9. The predicted octanol–water partition coefficient (Wildman–Crippen LogP) is 23.8. The Kier molecular flexibility index (Phi) is 64.6. The van der Waals surface area contributed by atoms with Crippen LogP contribution in [0.2, 0.25) is 0 Å². The second-order valence-corrected chi connectivity index (χ2v) is 23.8. The summed E-state index contributed by atoms with van der Waals surface area (Å²) in [6, 6.07) is 0. The molecular formula is C71H134O6. The lowest BCUT2D eigenvalue weighted by molar-refractivity contribution is -0.167. The minimum Gasteiger partial charge on any atom is -0.462 e. The molecule has 0 heterocycles. The molecule has 1 atom stereocenters. The molecular weight excluding hydrogens is 949 g/mol. The van der Waals surface area contributed by atoms with Crippen molar-refractivity contribution in [2.75, 3.05) is 13.2 Å². The van der Waals surface area contributed by atoms with Crippen LogP contribution in [0.1, 0.15) is 393 Å². The third-order valence-electron chi connectivity index (χ3n) is 15.9. The average Bonchev–Trinajstić information content (AvgIpc) is 3.43. The molecule has 0 unspecified atom stereocenters. The Bertz CT molecular complexity index is 1240. The van der Waals surface area contributed by atoms with Gasteiger partial charge in [-0.25, -0.2) is 0 Å². The number of carbonyl (C=O) groups is 3. The van der Waals surface area contributed by atoms with Gasteiger partial charge >= 0.3 is 17.9 Å². The van der Waals surface area contributed by atoms with Gasteiger partial charge in [0.25, 0.3) is 0 Å². The molecule has 0 saturated heterocycles. The van der Waals surface area contributed by atoms with Gasteiger partial charge in [-0.05, 0) is 70.6 Å². The van der Waals surface area contributed by atoms with Crippen LogP contribution in [0.4, 0.5) is 0 Å². The first-order chi connectivity index (χ1) is 38.0. The molecule has 0 spiro atoms. The first-order valence-electron chi connectivity index (χ1n) is 34.8. The maximum absolute atomic E-state index is 12.9. The summed E-state index contributed by atoms with van der Waals surface area (Å²) >= 11 is 0. The Morgan fingerprint density at radius 3 is 0.649 bits per heavy atom. The Labute approximate surface area is 481 Å². The quantitative estimate of drug-likeness (QED) is 0.0261. The Morgan fingerprint density at radius 1 is 0.247 bits per heavy atom. The van der Waals surface area contributed by atoms with Crippen molar-refractivity contribution in [1.82, 2.24) is 0 Å². The van der Waals surface area contributed by atoms with E-state index in [9.17, 15) is 14.4 Å². The Balaban J connectivity index is 4.31. The Morgan fingerprint density at radius 2 is 0.429 bits per heavy atom. The number of esters is 3. The van der Waals surface area contributed by atoms with Crippen LogP contribution in [-0.2, 0) is 28.6 Å². The van der Waals surface area contributed by atoms with Gasteiger partial charge in [0.2, 0.25) is 0 Å². The summed E-state index contributed by atoms with van der Waals surface area (Å²) in [6.45, 7) is 6.72. The summed E-state index contributed by atoms with van der Waals surface area (Å²) in [5.41, 5.74) is 0. The van der Waals surface area contributed by atoms with Crippen LogP contribution in [0.5, 0.6) is 0 Å². The van der Waals surface area contributed by atoms with E-state index in [-0.39, 0.29) is 31.1 Å². The lowest BCUT2D eigenvalue weighted by Gasteiger charge is -2.18. The van der Waals surface area contributed by atoms with Crippen molar-refractivity contribution in [3.8, 4) is 0 Å². The van der Waals surface area contributed by atoms with Crippen molar-refractivity contribution >= 4 is 17.9 Å². The van der Waals surface area contributed by atoms with E-state index >= 15 is 0 Å². The van der Waals surface area contributed by atoms with Gasteiger partial charge < -0.3 is 14.2 Å². The number of unbranched alkanes of at least 4 members (excludes halogenated alkanes) is 50. The van der Waals surface area contributed by atoms with E-state index in [1.165, 1.54) is 295 Å². The van der Waals surface area contributed by atoms with Gasteiger partial charge in [-0.1, -0.05) is 328 Å². The van der Waals surface area contributed by atoms with Crippen molar-refractivity contribution in [2.24, 2.45) is 0 Å². The maximum Gasteiger partial charge on any atom is 0.306 e. The van der Waals surface area contributed by atoms with E-state index in [4.69, 9.17) is 14.2 Å². The van der Waals surface area contributed by atoms with Crippen LogP contribution in [0.3, 0.4) is 0 Å². The third-order valence-corrected chi connectivity index (χ3v) is 15.9. The van der Waals surface area contributed by atoms with Crippen molar-refractivity contribution in [2.45, 2.75) is 399 Å². The molecule has 0 N–H and O–H groups in total. The topological polar surface area (TPSA) is 78.9 Å². The van der Waals surface area contributed by atoms with Gasteiger partial charge in [-0.2, -0.15) is 0 Å². The molecule has 0 radical (unpaired) electrons.